The largest absolute Gasteiger partial charge is 0.471 e. The van der Waals surface area contributed by atoms with Crippen molar-refractivity contribution in [1.29, 1.82) is 0 Å². The predicted molar refractivity (Wildman–Crippen MR) is 57.4 cm³/mol. The summed E-state index contributed by atoms with van der Waals surface area (Å²) in [6.45, 7) is 1.18. The van der Waals surface area contributed by atoms with Gasteiger partial charge in [-0.15, -0.1) is 0 Å². The Morgan fingerprint density at radius 2 is 1.81 bits per heavy atom. The number of hydrogen-bond acceptors (Lipinski definition) is 3. The first-order valence-electron chi connectivity index (χ1n) is 5.32. The van der Waals surface area contributed by atoms with Crippen molar-refractivity contribution in [2.45, 2.75) is 19.3 Å². The van der Waals surface area contributed by atoms with E-state index >= 15 is 0 Å². The van der Waals surface area contributed by atoms with E-state index in [0.717, 1.165) is 6.07 Å². The van der Waals surface area contributed by atoms with E-state index in [9.17, 15) is 31.1 Å². The minimum absolute atomic E-state index is 0.127. The quantitative estimate of drug-likeness (QED) is 0.823. The molecule has 2 aromatic rings. The van der Waals surface area contributed by atoms with Gasteiger partial charge in [-0.05, 0) is 19.1 Å². The lowest BCUT2D eigenvalue weighted by Gasteiger charge is -2.06. The zero-order valence-corrected chi connectivity index (χ0v) is 10.2. The summed E-state index contributed by atoms with van der Waals surface area (Å²) >= 11 is 0. The fourth-order valence-electron chi connectivity index (χ4n) is 1.49. The van der Waals surface area contributed by atoms with Crippen LogP contribution >= 0.6 is 0 Å². The van der Waals surface area contributed by atoms with Crippen molar-refractivity contribution in [1.82, 2.24) is 14.6 Å². The van der Waals surface area contributed by atoms with Gasteiger partial charge in [0.2, 0.25) is 0 Å². The van der Waals surface area contributed by atoms with Gasteiger partial charge in [0.25, 0.3) is 0 Å². The molecule has 21 heavy (non-hydrogen) atoms. The van der Waals surface area contributed by atoms with Crippen molar-refractivity contribution in [2.75, 3.05) is 5.32 Å². The summed E-state index contributed by atoms with van der Waals surface area (Å²) in [5, 5.41) is 4.71. The maximum Gasteiger partial charge on any atom is 0.471 e. The first-order valence-corrected chi connectivity index (χ1v) is 5.32. The standard InChI is InChI=1S/C10H6F6N4O/c1-4-7(18-8(21)10(14,15)16)17-6-3-2-5(9(11,12)13)19-20(4)6/h2-3H,1H3,(H,18,21). The zero-order valence-electron chi connectivity index (χ0n) is 10.2. The van der Waals surface area contributed by atoms with Gasteiger partial charge in [-0.3, -0.25) is 4.79 Å². The third kappa shape index (κ3) is 2.90. The van der Waals surface area contributed by atoms with Crippen LogP contribution in [0.2, 0.25) is 0 Å². The SMILES string of the molecule is Cc1c(NC(=O)C(F)(F)F)nc2ccc(C(F)(F)F)nn12. The van der Waals surface area contributed by atoms with E-state index in [2.05, 4.69) is 10.1 Å². The molecule has 0 bridgehead atoms. The van der Waals surface area contributed by atoms with Crippen LogP contribution in [-0.2, 0) is 11.0 Å². The van der Waals surface area contributed by atoms with Crippen molar-refractivity contribution < 1.29 is 31.1 Å². The summed E-state index contributed by atoms with van der Waals surface area (Å²) in [7, 11) is 0. The Morgan fingerprint density at radius 3 is 2.33 bits per heavy atom. The molecule has 0 saturated heterocycles. The van der Waals surface area contributed by atoms with Crippen LogP contribution < -0.4 is 5.32 Å². The lowest BCUT2D eigenvalue weighted by molar-refractivity contribution is -0.167. The minimum Gasteiger partial charge on any atom is -0.301 e. The topological polar surface area (TPSA) is 59.3 Å². The summed E-state index contributed by atoms with van der Waals surface area (Å²) in [5.41, 5.74) is -1.52. The second-order valence-electron chi connectivity index (χ2n) is 3.98. The number of carbonyl (C=O) groups excluding carboxylic acids is 1. The van der Waals surface area contributed by atoms with Gasteiger partial charge >= 0.3 is 18.3 Å². The van der Waals surface area contributed by atoms with Gasteiger partial charge in [-0.2, -0.15) is 31.4 Å². The summed E-state index contributed by atoms with van der Waals surface area (Å²) in [5.74, 6) is -2.78. The summed E-state index contributed by atoms with van der Waals surface area (Å²) in [6, 6.07) is 1.57. The number of rotatable bonds is 1. The number of aromatic nitrogens is 3. The molecule has 0 aliphatic rings. The van der Waals surface area contributed by atoms with E-state index in [0.29, 0.717) is 10.6 Å². The Kier molecular flexibility index (Phi) is 3.30. The third-order valence-electron chi connectivity index (χ3n) is 2.48. The Bertz CT molecular complexity index is 702. The Hall–Kier alpha value is -2.33. The molecule has 0 aromatic carbocycles. The molecule has 2 aromatic heterocycles. The lowest BCUT2D eigenvalue weighted by atomic mass is 10.4. The fourth-order valence-corrected chi connectivity index (χ4v) is 1.49. The van der Waals surface area contributed by atoms with Crippen LogP contribution in [0.3, 0.4) is 0 Å². The van der Waals surface area contributed by atoms with E-state index in [1.807, 2.05) is 0 Å². The normalized spacial score (nSPS) is 12.7. The first kappa shape index (κ1) is 15.1. The molecule has 1 N–H and O–H groups in total. The average molecular weight is 312 g/mol. The molecule has 0 radical (unpaired) electrons. The second kappa shape index (κ2) is 4.60. The Morgan fingerprint density at radius 1 is 1.19 bits per heavy atom. The average Bonchev–Trinajstić information content (AvgIpc) is 2.64. The van der Waals surface area contributed by atoms with Crippen LogP contribution in [0.25, 0.3) is 5.65 Å². The van der Waals surface area contributed by atoms with Crippen molar-refractivity contribution in [3.63, 3.8) is 0 Å². The van der Waals surface area contributed by atoms with E-state index in [1.54, 1.807) is 0 Å². The predicted octanol–water partition coefficient (Wildman–Crippen LogP) is 2.56. The van der Waals surface area contributed by atoms with Crippen molar-refractivity contribution >= 4 is 17.4 Å². The Labute approximate surface area is 112 Å². The van der Waals surface area contributed by atoms with E-state index in [4.69, 9.17) is 0 Å². The molecule has 11 heteroatoms. The Balaban J connectivity index is 2.45. The van der Waals surface area contributed by atoms with Gasteiger partial charge in [-0.1, -0.05) is 0 Å². The molecule has 0 atom stereocenters. The molecule has 0 saturated carbocycles. The van der Waals surface area contributed by atoms with Crippen molar-refractivity contribution in [2.24, 2.45) is 0 Å². The molecule has 1 amide bonds. The van der Waals surface area contributed by atoms with Crippen LogP contribution in [0.4, 0.5) is 32.2 Å². The number of alkyl halides is 6. The molecule has 2 heterocycles. The molecule has 2 rings (SSSR count). The van der Waals surface area contributed by atoms with E-state index < -0.39 is 29.8 Å². The minimum atomic E-state index is -5.13. The number of halogens is 6. The van der Waals surface area contributed by atoms with Gasteiger partial charge in [0, 0.05) is 0 Å². The highest BCUT2D eigenvalue weighted by Crippen LogP contribution is 2.28. The molecule has 0 fully saturated rings. The van der Waals surface area contributed by atoms with E-state index in [1.165, 1.54) is 12.2 Å². The number of carbonyl (C=O) groups is 1. The smallest absolute Gasteiger partial charge is 0.301 e. The number of anilines is 1. The first-order chi connectivity index (χ1) is 9.50. The summed E-state index contributed by atoms with van der Waals surface area (Å²) in [6.07, 6.45) is -9.84. The fraction of sp³-hybridized carbons (Fsp3) is 0.300. The third-order valence-corrected chi connectivity index (χ3v) is 2.48. The maximum absolute atomic E-state index is 12.5. The van der Waals surface area contributed by atoms with Gasteiger partial charge in [0.1, 0.15) is 0 Å². The van der Waals surface area contributed by atoms with Crippen LogP contribution in [0.15, 0.2) is 12.1 Å². The summed E-state index contributed by atoms with van der Waals surface area (Å²) < 4.78 is 74.6. The van der Waals surface area contributed by atoms with Gasteiger partial charge in [0.15, 0.2) is 17.2 Å². The number of imidazole rings is 1. The number of aryl methyl sites for hydroxylation is 1. The lowest BCUT2D eigenvalue weighted by Crippen LogP contribution is -2.30. The molecule has 114 valence electrons. The molecule has 0 aliphatic heterocycles. The highest BCUT2D eigenvalue weighted by atomic mass is 19.4. The van der Waals surface area contributed by atoms with Crippen LogP contribution in [-0.4, -0.2) is 26.7 Å². The zero-order chi connectivity index (χ0) is 16.0. The maximum atomic E-state index is 12.5. The van der Waals surface area contributed by atoms with Crippen LogP contribution in [0.5, 0.6) is 0 Å². The number of nitrogens with zero attached hydrogens (tertiary/aromatic N) is 3. The highest BCUT2D eigenvalue weighted by Gasteiger charge is 2.39. The van der Waals surface area contributed by atoms with Gasteiger partial charge in [-0.25, -0.2) is 9.50 Å². The molecular formula is C10H6F6N4O. The van der Waals surface area contributed by atoms with E-state index in [-0.39, 0.29) is 11.3 Å². The van der Waals surface area contributed by atoms with Gasteiger partial charge < -0.3 is 5.32 Å². The number of nitrogens with one attached hydrogen (secondary N) is 1. The van der Waals surface area contributed by atoms with Crippen LogP contribution in [0.1, 0.15) is 11.4 Å². The van der Waals surface area contributed by atoms with Crippen molar-refractivity contribution in [3.05, 3.63) is 23.5 Å². The highest BCUT2D eigenvalue weighted by molar-refractivity contribution is 5.94. The number of amides is 1. The number of hydrogen-bond donors (Lipinski definition) is 1. The second-order valence-corrected chi connectivity index (χ2v) is 3.98. The molecule has 0 aliphatic carbocycles. The van der Waals surface area contributed by atoms with Gasteiger partial charge in [0.05, 0.1) is 5.69 Å². The molecule has 0 spiro atoms. The molecular weight excluding hydrogens is 306 g/mol. The number of fused-ring (bicyclic) bond motifs is 1. The summed E-state index contributed by atoms with van der Waals surface area (Å²) in [4.78, 5) is 14.4. The molecule has 0 unspecified atom stereocenters. The van der Waals surface area contributed by atoms with Crippen LogP contribution in [0, 0.1) is 6.92 Å². The molecule has 5 nitrogen and oxygen atoms in total. The monoisotopic (exact) mass is 312 g/mol. The van der Waals surface area contributed by atoms with Crippen molar-refractivity contribution in [3.8, 4) is 0 Å².